The van der Waals surface area contributed by atoms with Gasteiger partial charge in [-0.15, -0.1) is 10.2 Å². The summed E-state index contributed by atoms with van der Waals surface area (Å²) in [7, 11) is -2.09. The normalized spacial score (nSPS) is 11.5. The lowest BCUT2D eigenvalue weighted by Gasteiger charge is -2.04. The van der Waals surface area contributed by atoms with Gasteiger partial charge >= 0.3 is 5.97 Å². The standard InChI is InChI=1S/C17H19N5O5S/c1-12-19-15(10-22(12)2)28(24,25)18-9-8-16(23)26-11-14-20-21-17(27-14)13-6-4-3-5-7-13/h3-7,10,18H,8-9,11H2,1-2H3. The molecule has 0 bridgehead atoms. The zero-order chi connectivity index (χ0) is 20.1. The van der Waals surface area contributed by atoms with Crippen molar-refractivity contribution in [3.63, 3.8) is 0 Å². The van der Waals surface area contributed by atoms with Crippen LogP contribution in [0.25, 0.3) is 11.5 Å². The van der Waals surface area contributed by atoms with Crippen LogP contribution in [0.1, 0.15) is 18.1 Å². The molecule has 0 saturated carbocycles. The van der Waals surface area contributed by atoms with Crippen molar-refractivity contribution in [2.24, 2.45) is 7.05 Å². The molecule has 0 radical (unpaired) electrons. The Balaban J connectivity index is 1.45. The molecule has 10 nitrogen and oxygen atoms in total. The van der Waals surface area contributed by atoms with Crippen LogP contribution in [0.5, 0.6) is 0 Å². The summed E-state index contributed by atoms with van der Waals surface area (Å²) in [6, 6.07) is 9.18. The third-order valence-corrected chi connectivity index (χ3v) is 5.16. The van der Waals surface area contributed by atoms with Gasteiger partial charge in [-0.05, 0) is 19.1 Å². The molecule has 1 aromatic carbocycles. The maximum atomic E-state index is 12.1. The molecule has 11 heteroatoms. The van der Waals surface area contributed by atoms with E-state index in [0.29, 0.717) is 11.7 Å². The number of esters is 1. The number of aryl methyl sites for hydroxylation is 2. The quantitative estimate of drug-likeness (QED) is 0.553. The first-order valence-electron chi connectivity index (χ1n) is 8.38. The maximum Gasteiger partial charge on any atom is 0.307 e. The molecule has 2 aromatic heterocycles. The molecule has 28 heavy (non-hydrogen) atoms. The molecule has 0 aliphatic rings. The van der Waals surface area contributed by atoms with Crippen molar-refractivity contribution in [1.82, 2.24) is 24.5 Å². The highest BCUT2D eigenvalue weighted by Crippen LogP contribution is 2.17. The zero-order valence-corrected chi connectivity index (χ0v) is 16.1. The second-order valence-corrected chi connectivity index (χ2v) is 7.63. The Kier molecular flexibility index (Phi) is 5.85. The van der Waals surface area contributed by atoms with Crippen LogP contribution in [0, 0.1) is 6.92 Å². The lowest BCUT2D eigenvalue weighted by Crippen LogP contribution is -2.27. The van der Waals surface area contributed by atoms with E-state index in [9.17, 15) is 13.2 Å². The molecular weight excluding hydrogens is 386 g/mol. The van der Waals surface area contributed by atoms with Crippen molar-refractivity contribution in [1.29, 1.82) is 0 Å². The SMILES string of the molecule is Cc1nc(S(=O)(=O)NCCC(=O)OCc2nnc(-c3ccccc3)o2)cn1C. The number of ether oxygens (including phenoxy) is 1. The van der Waals surface area contributed by atoms with E-state index in [4.69, 9.17) is 9.15 Å². The second kappa shape index (κ2) is 8.31. The first-order valence-corrected chi connectivity index (χ1v) is 9.86. The molecule has 0 saturated heterocycles. The van der Waals surface area contributed by atoms with E-state index in [2.05, 4.69) is 19.9 Å². The van der Waals surface area contributed by atoms with E-state index in [-0.39, 0.29) is 30.5 Å². The van der Waals surface area contributed by atoms with E-state index < -0.39 is 16.0 Å². The van der Waals surface area contributed by atoms with Gasteiger partial charge in [0.15, 0.2) is 11.6 Å². The summed E-state index contributed by atoms with van der Waals surface area (Å²) in [6.45, 7) is 1.39. The summed E-state index contributed by atoms with van der Waals surface area (Å²) in [6.07, 6.45) is 1.25. The predicted molar refractivity (Wildman–Crippen MR) is 97.3 cm³/mol. The fraction of sp³-hybridized carbons (Fsp3) is 0.294. The Morgan fingerprint density at radius 1 is 1.25 bits per heavy atom. The first-order chi connectivity index (χ1) is 13.3. The van der Waals surface area contributed by atoms with Gasteiger partial charge in [-0.3, -0.25) is 4.79 Å². The van der Waals surface area contributed by atoms with E-state index in [1.165, 1.54) is 6.20 Å². The Morgan fingerprint density at radius 3 is 2.68 bits per heavy atom. The van der Waals surface area contributed by atoms with E-state index in [1.807, 2.05) is 30.3 Å². The number of imidazole rings is 1. The molecule has 1 N–H and O–H groups in total. The fourth-order valence-corrected chi connectivity index (χ4v) is 3.31. The summed E-state index contributed by atoms with van der Waals surface area (Å²) < 4.78 is 38.6. The van der Waals surface area contributed by atoms with Gasteiger partial charge in [-0.25, -0.2) is 18.1 Å². The summed E-state index contributed by atoms with van der Waals surface area (Å²) in [5.41, 5.74) is 0.756. The highest BCUT2D eigenvalue weighted by atomic mass is 32.2. The van der Waals surface area contributed by atoms with Crippen LogP contribution in [-0.2, 0) is 33.2 Å². The van der Waals surface area contributed by atoms with Crippen LogP contribution in [0.4, 0.5) is 0 Å². The number of sulfonamides is 1. The van der Waals surface area contributed by atoms with Gasteiger partial charge < -0.3 is 13.7 Å². The molecular formula is C17H19N5O5S. The highest BCUT2D eigenvalue weighted by molar-refractivity contribution is 7.89. The molecule has 0 aliphatic heterocycles. The van der Waals surface area contributed by atoms with Gasteiger partial charge in [-0.1, -0.05) is 18.2 Å². The molecule has 3 aromatic rings. The Morgan fingerprint density at radius 2 is 2.00 bits per heavy atom. The van der Waals surface area contributed by atoms with E-state index in [1.54, 1.807) is 18.5 Å². The Labute approximate surface area is 161 Å². The Bertz CT molecular complexity index is 1040. The second-order valence-electron chi connectivity index (χ2n) is 5.91. The number of hydrogen-bond acceptors (Lipinski definition) is 8. The van der Waals surface area contributed by atoms with Crippen molar-refractivity contribution < 1.29 is 22.4 Å². The van der Waals surface area contributed by atoms with Gasteiger partial charge in [0.25, 0.3) is 15.9 Å². The largest absolute Gasteiger partial charge is 0.456 e. The molecule has 0 fully saturated rings. The fourth-order valence-electron chi connectivity index (χ4n) is 2.24. The number of nitrogens with one attached hydrogen (secondary N) is 1. The van der Waals surface area contributed by atoms with Crippen molar-refractivity contribution >= 4 is 16.0 Å². The van der Waals surface area contributed by atoms with E-state index >= 15 is 0 Å². The summed E-state index contributed by atoms with van der Waals surface area (Å²) in [4.78, 5) is 15.8. The van der Waals surface area contributed by atoms with Gasteiger partial charge in [0.05, 0.1) is 6.42 Å². The number of hydrogen-bond donors (Lipinski definition) is 1. The topological polar surface area (TPSA) is 129 Å². The average Bonchev–Trinajstić information content (AvgIpc) is 3.28. The molecule has 3 rings (SSSR count). The van der Waals surface area contributed by atoms with Crippen LogP contribution in [0.15, 0.2) is 46.0 Å². The lowest BCUT2D eigenvalue weighted by atomic mass is 10.2. The average molecular weight is 405 g/mol. The molecule has 2 heterocycles. The summed E-state index contributed by atoms with van der Waals surface area (Å²) in [5, 5.41) is 7.61. The number of carbonyl (C=O) groups is 1. The van der Waals surface area contributed by atoms with Crippen LogP contribution >= 0.6 is 0 Å². The Hall–Kier alpha value is -3.05. The van der Waals surface area contributed by atoms with Crippen molar-refractivity contribution in [3.8, 4) is 11.5 Å². The van der Waals surface area contributed by atoms with Crippen LogP contribution in [0.3, 0.4) is 0 Å². The van der Waals surface area contributed by atoms with Gasteiger partial charge in [0.1, 0.15) is 5.82 Å². The molecule has 148 valence electrons. The number of benzene rings is 1. The highest BCUT2D eigenvalue weighted by Gasteiger charge is 2.19. The third-order valence-electron chi connectivity index (χ3n) is 3.83. The number of aromatic nitrogens is 4. The minimum Gasteiger partial charge on any atom is -0.456 e. The van der Waals surface area contributed by atoms with Crippen LogP contribution < -0.4 is 4.72 Å². The zero-order valence-electron chi connectivity index (χ0n) is 15.3. The molecule has 0 unspecified atom stereocenters. The number of nitrogens with zero attached hydrogens (tertiary/aromatic N) is 4. The number of carbonyl (C=O) groups excluding carboxylic acids is 1. The first kappa shape index (κ1) is 19.7. The van der Waals surface area contributed by atoms with E-state index in [0.717, 1.165) is 5.56 Å². The minimum atomic E-state index is -3.78. The van der Waals surface area contributed by atoms with Gasteiger partial charge in [-0.2, -0.15) is 0 Å². The minimum absolute atomic E-state index is 0.0971. The maximum absolute atomic E-state index is 12.1. The molecule has 0 spiro atoms. The van der Waals surface area contributed by atoms with Crippen molar-refractivity contribution in [3.05, 3.63) is 48.2 Å². The molecule has 0 atom stereocenters. The monoisotopic (exact) mass is 405 g/mol. The lowest BCUT2D eigenvalue weighted by molar-refractivity contribution is -0.145. The van der Waals surface area contributed by atoms with Gasteiger partial charge in [0.2, 0.25) is 5.89 Å². The summed E-state index contributed by atoms with van der Waals surface area (Å²) >= 11 is 0. The van der Waals surface area contributed by atoms with Crippen molar-refractivity contribution in [2.45, 2.75) is 25.0 Å². The molecule has 0 amide bonds. The summed E-state index contributed by atoms with van der Waals surface area (Å²) in [5.74, 6) is 0.440. The predicted octanol–water partition coefficient (Wildman–Crippen LogP) is 1.19. The van der Waals surface area contributed by atoms with Crippen LogP contribution in [-0.4, -0.2) is 40.7 Å². The molecule has 0 aliphatic carbocycles. The third kappa shape index (κ3) is 4.81. The number of rotatable bonds is 8. The van der Waals surface area contributed by atoms with Crippen molar-refractivity contribution in [2.75, 3.05) is 6.54 Å². The van der Waals surface area contributed by atoms with Crippen LogP contribution in [0.2, 0.25) is 0 Å². The van der Waals surface area contributed by atoms with Gasteiger partial charge in [0, 0.05) is 25.4 Å². The smallest absolute Gasteiger partial charge is 0.307 e.